The van der Waals surface area contributed by atoms with Crippen molar-refractivity contribution in [2.45, 2.75) is 12.8 Å². The first kappa shape index (κ1) is 13.7. The Hall–Kier alpha value is -0.380. The highest BCUT2D eigenvalue weighted by Gasteiger charge is 2.34. The van der Waals surface area contributed by atoms with Crippen molar-refractivity contribution in [1.29, 1.82) is 0 Å². The van der Waals surface area contributed by atoms with Gasteiger partial charge in [-0.3, -0.25) is 0 Å². The molecule has 0 saturated heterocycles. The number of alkyl halides is 5. The molecule has 1 aromatic rings. The Morgan fingerprint density at radius 1 is 1.38 bits per heavy atom. The van der Waals surface area contributed by atoms with Gasteiger partial charge in [0.2, 0.25) is 0 Å². The van der Waals surface area contributed by atoms with Crippen LogP contribution in [0.25, 0.3) is 0 Å². The molecule has 9 heteroatoms. The summed E-state index contributed by atoms with van der Waals surface area (Å²) >= 11 is 6.97. The lowest BCUT2D eigenvalue weighted by molar-refractivity contribution is -0.275. The third kappa shape index (κ3) is 3.58. The standard InChI is InChI=1S/C7H2ClF5INO/c8-5-2(14)1-3(16-7(11,12)13)4(15-5)6(9)10/h1,6H. The predicted octanol–water partition coefficient (Wildman–Crippen LogP) is 4.18. The molecule has 1 aromatic heterocycles. The summed E-state index contributed by atoms with van der Waals surface area (Å²) in [6.07, 6.45) is -8.26. The number of aromatic nitrogens is 1. The van der Waals surface area contributed by atoms with Crippen molar-refractivity contribution >= 4 is 34.2 Å². The van der Waals surface area contributed by atoms with Crippen LogP contribution in [-0.2, 0) is 0 Å². The van der Waals surface area contributed by atoms with Crippen LogP contribution >= 0.6 is 34.2 Å². The second-order valence-electron chi connectivity index (χ2n) is 2.49. The number of nitrogens with zero attached hydrogens (tertiary/aromatic N) is 1. The molecule has 90 valence electrons. The van der Waals surface area contributed by atoms with E-state index in [1.165, 1.54) is 0 Å². The molecule has 2 nitrogen and oxygen atoms in total. The molecule has 0 amide bonds. The van der Waals surface area contributed by atoms with Gasteiger partial charge in [0.05, 0.1) is 3.57 Å². The first-order valence-electron chi connectivity index (χ1n) is 3.60. The Bertz CT molecular complexity index is 397. The van der Waals surface area contributed by atoms with E-state index in [4.69, 9.17) is 11.6 Å². The topological polar surface area (TPSA) is 22.1 Å². The normalized spacial score (nSPS) is 12.0. The van der Waals surface area contributed by atoms with Gasteiger partial charge in [0.1, 0.15) is 5.15 Å². The van der Waals surface area contributed by atoms with E-state index in [1.54, 1.807) is 22.6 Å². The number of halogens is 7. The number of hydrogen-bond donors (Lipinski definition) is 0. The van der Waals surface area contributed by atoms with Crippen LogP contribution in [0.5, 0.6) is 5.75 Å². The maximum absolute atomic E-state index is 12.3. The highest BCUT2D eigenvalue weighted by molar-refractivity contribution is 14.1. The summed E-state index contributed by atoms with van der Waals surface area (Å²) < 4.78 is 63.9. The molecule has 0 aromatic carbocycles. The molecular weight excluding hydrogens is 371 g/mol. The van der Waals surface area contributed by atoms with Crippen molar-refractivity contribution in [2.75, 3.05) is 0 Å². The molecular formula is C7H2ClF5INO. The highest BCUT2D eigenvalue weighted by Crippen LogP contribution is 2.34. The molecule has 0 unspecified atom stereocenters. The summed E-state index contributed by atoms with van der Waals surface area (Å²) in [4.78, 5) is 3.14. The molecule has 0 aliphatic heterocycles. The van der Waals surface area contributed by atoms with Gasteiger partial charge in [-0.15, -0.1) is 13.2 Å². The largest absolute Gasteiger partial charge is 0.573 e. The van der Waals surface area contributed by atoms with E-state index in [1.807, 2.05) is 0 Å². The zero-order valence-corrected chi connectivity index (χ0v) is 10.1. The zero-order chi connectivity index (χ0) is 12.5. The van der Waals surface area contributed by atoms with Crippen LogP contribution in [0.2, 0.25) is 5.15 Å². The van der Waals surface area contributed by atoms with Crippen LogP contribution in [0.1, 0.15) is 12.1 Å². The maximum atomic E-state index is 12.3. The third-order valence-corrected chi connectivity index (χ3v) is 2.79. The van der Waals surface area contributed by atoms with Crippen LogP contribution in [-0.4, -0.2) is 11.3 Å². The second-order valence-corrected chi connectivity index (χ2v) is 4.01. The van der Waals surface area contributed by atoms with Gasteiger partial charge in [-0.2, -0.15) is 0 Å². The first-order valence-corrected chi connectivity index (χ1v) is 5.06. The fourth-order valence-corrected chi connectivity index (χ4v) is 1.37. The molecule has 16 heavy (non-hydrogen) atoms. The molecule has 0 fully saturated rings. The van der Waals surface area contributed by atoms with Gasteiger partial charge >= 0.3 is 6.36 Å². The molecule has 0 aliphatic carbocycles. The minimum absolute atomic E-state index is 0.0860. The van der Waals surface area contributed by atoms with Crippen LogP contribution < -0.4 is 4.74 Å². The molecule has 0 bridgehead atoms. The average Bonchev–Trinajstić information content (AvgIpc) is 2.07. The number of ether oxygens (including phenoxy) is 1. The molecule has 0 spiro atoms. The van der Waals surface area contributed by atoms with Crippen molar-refractivity contribution in [3.63, 3.8) is 0 Å². The van der Waals surface area contributed by atoms with E-state index in [2.05, 4.69) is 9.72 Å². The lowest BCUT2D eigenvalue weighted by Gasteiger charge is -2.12. The number of rotatable bonds is 2. The van der Waals surface area contributed by atoms with Gasteiger partial charge in [0.25, 0.3) is 6.43 Å². The summed E-state index contributed by atoms with van der Waals surface area (Å²) in [5.74, 6) is -1.05. The van der Waals surface area contributed by atoms with Gasteiger partial charge < -0.3 is 4.74 Å². The molecule has 0 saturated carbocycles. The van der Waals surface area contributed by atoms with Crippen LogP contribution in [0.15, 0.2) is 6.07 Å². The SMILES string of the molecule is FC(F)c1nc(Cl)c(I)cc1OC(F)(F)F. The highest BCUT2D eigenvalue weighted by atomic mass is 127. The van der Waals surface area contributed by atoms with Gasteiger partial charge in [0.15, 0.2) is 11.4 Å². The Balaban J connectivity index is 3.20. The smallest absolute Gasteiger partial charge is 0.404 e. The van der Waals surface area contributed by atoms with Gasteiger partial charge in [-0.1, -0.05) is 11.6 Å². The predicted molar refractivity (Wildman–Crippen MR) is 53.6 cm³/mol. The van der Waals surface area contributed by atoms with Gasteiger partial charge in [0, 0.05) is 0 Å². The molecule has 0 aliphatic rings. The van der Waals surface area contributed by atoms with Crippen molar-refractivity contribution in [2.24, 2.45) is 0 Å². The number of hydrogen-bond acceptors (Lipinski definition) is 2. The first-order chi connectivity index (χ1) is 7.20. The monoisotopic (exact) mass is 373 g/mol. The Morgan fingerprint density at radius 2 is 1.94 bits per heavy atom. The average molecular weight is 373 g/mol. The van der Waals surface area contributed by atoms with Crippen LogP contribution in [0.3, 0.4) is 0 Å². The summed E-state index contributed by atoms with van der Waals surface area (Å²) in [6.45, 7) is 0. The number of pyridine rings is 1. The lowest BCUT2D eigenvalue weighted by Crippen LogP contribution is -2.19. The summed E-state index contributed by atoms with van der Waals surface area (Å²) in [7, 11) is 0. The van der Waals surface area contributed by atoms with Gasteiger partial charge in [-0.25, -0.2) is 13.8 Å². The quantitative estimate of drug-likeness (QED) is 0.441. The fourth-order valence-electron chi connectivity index (χ4n) is 0.826. The van der Waals surface area contributed by atoms with Gasteiger partial charge in [-0.05, 0) is 28.7 Å². The van der Waals surface area contributed by atoms with E-state index in [-0.39, 0.29) is 8.72 Å². The minimum Gasteiger partial charge on any atom is -0.404 e. The maximum Gasteiger partial charge on any atom is 0.573 e. The van der Waals surface area contributed by atoms with Crippen LogP contribution in [0.4, 0.5) is 22.0 Å². The van der Waals surface area contributed by atoms with E-state index in [0.717, 1.165) is 6.07 Å². The van der Waals surface area contributed by atoms with E-state index >= 15 is 0 Å². The Labute approximate surface area is 105 Å². The van der Waals surface area contributed by atoms with E-state index in [0.29, 0.717) is 0 Å². The fraction of sp³-hybridized carbons (Fsp3) is 0.286. The van der Waals surface area contributed by atoms with E-state index < -0.39 is 24.2 Å². The van der Waals surface area contributed by atoms with Crippen LogP contribution in [0, 0.1) is 3.57 Å². The molecule has 0 atom stereocenters. The van der Waals surface area contributed by atoms with Crippen molar-refractivity contribution in [1.82, 2.24) is 4.98 Å². The van der Waals surface area contributed by atoms with Crippen molar-refractivity contribution in [3.8, 4) is 5.75 Å². The van der Waals surface area contributed by atoms with E-state index in [9.17, 15) is 22.0 Å². The minimum atomic E-state index is -5.05. The lowest BCUT2D eigenvalue weighted by atomic mass is 10.3. The van der Waals surface area contributed by atoms with Crippen molar-refractivity contribution in [3.05, 3.63) is 20.5 Å². The Kier molecular flexibility index (Phi) is 4.16. The molecule has 1 heterocycles. The zero-order valence-electron chi connectivity index (χ0n) is 7.16. The Morgan fingerprint density at radius 3 is 2.38 bits per heavy atom. The van der Waals surface area contributed by atoms with Crippen molar-refractivity contribution < 1.29 is 26.7 Å². The summed E-state index contributed by atoms with van der Waals surface area (Å²) in [5.41, 5.74) is -1.14. The summed E-state index contributed by atoms with van der Waals surface area (Å²) in [5, 5.41) is -0.301. The third-order valence-electron chi connectivity index (χ3n) is 1.36. The molecule has 0 radical (unpaired) electrons. The molecule has 0 N–H and O–H groups in total. The summed E-state index contributed by atoms with van der Waals surface area (Å²) in [6, 6.07) is 0.755. The second kappa shape index (κ2) is 4.86. The molecule has 1 rings (SSSR count).